The van der Waals surface area contributed by atoms with Gasteiger partial charge in [0.15, 0.2) is 12.3 Å². The molecule has 3 aromatic rings. The molecule has 0 aliphatic carbocycles. The van der Waals surface area contributed by atoms with Crippen molar-refractivity contribution in [3.8, 4) is 0 Å². The monoisotopic (exact) mass is 367 g/mol. The van der Waals surface area contributed by atoms with Gasteiger partial charge in [-0.25, -0.2) is 0 Å². The summed E-state index contributed by atoms with van der Waals surface area (Å²) in [4.78, 5) is 16.5. The summed E-state index contributed by atoms with van der Waals surface area (Å²) in [6, 6.07) is 14.4. The van der Waals surface area contributed by atoms with Crippen LogP contribution in [0.15, 0.2) is 58.5 Å². The first-order chi connectivity index (χ1) is 12.7. The first-order valence-electron chi connectivity index (χ1n) is 8.99. The van der Waals surface area contributed by atoms with E-state index in [-0.39, 0.29) is 11.9 Å². The Morgan fingerprint density at radius 1 is 1.23 bits per heavy atom. The summed E-state index contributed by atoms with van der Waals surface area (Å²) in [7, 11) is 0. The number of rotatable bonds is 5. The fourth-order valence-corrected chi connectivity index (χ4v) is 4.60. The van der Waals surface area contributed by atoms with Gasteiger partial charge in [-0.1, -0.05) is 24.3 Å². The van der Waals surface area contributed by atoms with Crippen LogP contribution in [0.5, 0.6) is 0 Å². The molecule has 0 radical (unpaired) electrons. The van der Waals surface area contributed by atoms with Crippen molar-refractivity contribution in [3.63, 3.8) is 0 Å². The molecule has 0 spiro atoms. The Labute approximate surface area is 157 Å². The molecule has 26 heavy (non-hydrogen) atoms. The molecule has 1 atom stereocenters. The van der Waals surface area contributed by atoms with Gasteiger partial charge in [0.1, 0.15) is 6.54 Å². The average Bonchev–Trinajstić information content (AvgIpc) is 3.33. The molecule has 1 aliphatic heterocycles. The summed E-state index contributed by atoms with van der Waals surface area (Å²) in [6.07, 6.45) is 2.61. The second kappa shape index (κ2) is 7.48. The molecular weight excluding hydrogens is 344 g/mol. The number of amides is 1. The van der Waals surface area contributed by atoms with E-state index < -0.39 is 0 Å². The van der Waals surface area contributed by atoms with Gasteiger partial charge in [0.05, 0.1) is 12.3 Å². The molecule has 1 aliphatic rings. The zero-order valence-electron chi connectivity index (χ0n) is 14.9. The van der Waals surface area contributed by atoms with Gasteiger partial charge >= 0.3 is 0 Å². The Morgan fingerprint density at radius 2 is 2.12 bits per heavy atom. The van der Waals surface area contributed by atoms with Gasteiger partial charge in [-0.3, -0.25) is 4.79 Å². The Kier molecular flexibility index (Phi) is 4.91. The van der Waals surface area contributed by atoms with E-state index in [2.05, 4.69) is 47.5 Å². The minimum absolute atomic E-state index is 0.0238. The van der Waals surface area contributed by atoms with Crippen LogP contribution in [0.3, 0.4) is 0 Å². The fraction of sp³-hybridized carbons (Fsp3) is 0.286. The topological polar surface area (TPSA) is 50.1 Å². The number of nitrogens with zero attached hydrogens (tertiary/aromatic N) is 1. The van der Waals surface area contributed by atoms with E-state index in [0.29, 0.717) is 13.1 Å². The van der Waals surface area contributed by atoms with Crippen molar-refractivity contribution in [3.05, 3.63) is 81.4 Å². The highest BCUT2D eigenvalue weighted by atomic mass is 32.1. The van der Waals surface area contributed by atoms with Crippen LogP contribution in [0.4, 0.5) is 0 Å². The van der Waals surface area contributed by atoms with Gasteiger partial charge in [-0.05, 0) is 53.6 Å². The molecule has 1 amide bonds. The first kappa shape index (κ1) is 17.1. The molecular formula is C21H23N2O2S+. The summed E-state index contributed by atoms with van der Waals surface area (Å²) >= 11 is 1.80. The number of carbonyl (C=O) groups excluding carboxylic acids is 1. The van der Waals surface area contributed by atoms with E-state index in [4.69, 9.17) is 4.42 Å². The van der Waals surface area contributed by atoms with Gasteiger partial charge in [0.2, 0.25) is 0 Å². The molecule has 5 heteroatoms. The summed E-state index contributed by atoms with van der Waals surface area (Å²) < 4.78 is 5.35. The van der Waals surface area contributed by atoms with Gasteiger partial charge in [0, 0.05) is 11.4 Å². The van der Waals surface area contributed by atoms with E-state index in [1.807, 2.05) is 17.4 Å². The lowest BCUT2D eigenvalue weighted by atomic mass is 9.90. The Morgan fingerprint density at radius 3 is 2.92 bits per heavy atom. The third kappa shape index (κ3) is 3.32. The molecule has 2 N–H and O–H groups in total. The third-order valence-corrected chi connectivity index (χ3v) is 6.01. The Hall–Kier alpha value is -2.37. The number of furan rings is 1. The predicted octanol–water partition coefficient (Wildman–Crippen LogP) is 2.89. The molecule has 4 nitrogen and oxygen atoms in total. The van der Waals surface area contributed by atoms with Crippen LogP contribution in [0.1, 0.15) is 33.4 Å². The van der Waals surface area contributed by atoms with Crippen LogP contribution in [0.25, 0.3) is 0 Å². The smallest absolute Gasteiger partial charge is 0.278 e. The number of nitrogens with two attached hydrogens (primary N) is 1. The van der Waals surface area contributed by atoms with Gasteiger partial charge in [0.25, 0.3) is 5.91 Å². The number of aryl methyl sites for hydroxylation is 1. The zero-order chi connectivity index (χ0) is 17.9. The molecule has 0 fully saturated rings. The van der Waals surface area contributed by atoms with Gasteiger partial charge in [-0.2, -0.15) is 0 Å². The van der Waals surface area contributed by atoms with Crippen molar-refractivity contribution in [1.29, 1.82) is 0 Å². The van der Waals surface area contributed by atoms with Crippen LogP contribution in [0.2, 0.25) is 0 Å². The highest BCUT2D eigenvalue weighted by Gasteiger charge is 2.33. The molecule has 134 valence electrons. The SMILES string of the molecule is Cc1ccccc1[C@H]1c2ccsc2CCN1C(=O)C[NH2+]Cc1ccco1. The van der Waals surface area contributed by atoms with Gasteiger partial charge < -0.3 is 14.6 Å². The van der Waals surface area contributed by atoms with Crippen molar-refractivity contribution in [2.45, 2.75) is 25.9 Å². The minimum Gasteiger partial charge on any atom is -0.463 e. The van der Waals surface area contributed by atoms with Crippen molar-refractivity contribution >= 4 is 17.2 Å². The average molecular weight is 367 g/mol. The highest BCUT2D eigenvalue weighted by molar-refractivity contribution is 7.10. The number of quaternary nitrogens is 1. The number of thiophene rings is 1. The van der Waals surface area contributed by atoms with Crippen LogP contribution >= 0.6 is 11.3 Å². The highest BCUT2D eigenvalue weighted by Crippen LogP contribution is 2.38. The number of hydrogen-bond acceptors (Lipinski definition) is 3. The lowest BCUT2D eigenvalue weighted by Gasteiger charge is -2.36. The third-order valence-electron chi connectivity index (χ3n) is 5.01. The van der Waals surface area contributed by atoms with Crippen LogP contribution in [-0.4, -0.2) is 23.9 Å². The summed E-state index contributed by atoms with van der Waals surface area (Å²) in [5.74, 6) is 1.08. The maximum absolute atomic E-state index is 13.0. The molecule has 3 heterocycles. The van der Waals surface area contributed by atoms with Crippen LogP contribution in [0, 0.1) is 6.92 Å². The zero-order valence-corrected chi connectivity index (χ0v) is 15.7. The second-order valence-electron chi connectivity index (χ2n) is 6.67. The number of benzene rings is 1. The predicted molar refractivity (Wildman–Crippen MR) is 102 cm³/mol. The molecule has 0 bridgehead atoms. The maximum atomic E-state index is 13.0. The van der Waals surface area contributed by atoms with Crippen molar-refractivity contribution in [1.82, 2.24) is 4.90 Å². The van der Waals surface area contributed by atoms with Gasteiger partial charge in [-0.15, -0.1) is 11.3 Å². The minimum atomic E-state index is 0.0238. The second-order valence-corrected chi connectivity index (χ2v) is 7.67. The van der Waals surface area contributed by atoms with Crippen LogP contribution < -0.4 is 5.32 Å². The summed E-state index contributed by atoms with van der Waals surface area (Å²) in [5, 5.41) is 4.16. The van der Waals surface area contributed by atoms with E-state index in [1.165, 1.54) is 21.6 Å². The molecule has 4 rings (SSSR count). The largest absolute Gasteiger partial charge is 0.463 e. The summed E-state index contributed by atoms with van der Waals surface area (Å²) in [6.45, 7) is 4.02. The lowest BCUT2D eigenvalue weighted by molar-refractivity contribution is -0.662. The molecule has 0 saturated heterocycles. The molecule has 0 saturated carbocycles. The number of hydrogen-bond donors (Lipinski definition) is 1. The quantitative estimate of drug-likeness (QED) is 0.754. The van der Waals surface area contributed by atoms with E-state index in [0.717, 1.165) is 18.7 Å². The fourth-order valence-electron chi connectivity index (χ4n) is 3.70. The van der Waals surface area contributed by atoms with Crippen molar-refractivity contribution in [2.75, 3.05) is 13.1 Å². The maximum Gasteiger partial charge on any atom is 0.278 e. The first-order valence-corrected chi connectivity index (χ1v) is 9.87. The standard InChI is InChI=1S/C21H22N2O2S/c1-15-5-2-3-7-17(15)21-18-9-12-26-19(18)8-10-23(21)20(24)14-22-13-16-6-4-11-25-16/h2-7,9,11-12,21-22H,8,10,13-14H2,1H3/p+1/t21-/m0/s1. The molecule has 2 aromatic heterocycles. The Balaban J connectivity index is 1.56. The molecule has 1 aromatic carbocycles. The van der Waals surface area contributed by atoms with Crippen molar-refractivity contribution in [2.24, 2.45) is 0 Å². The van der Waals surface area contributed by atoms with Crippen LogP contribution in [-0.2, 0) is 17.8 Å². The number of carbonyl (C=O) groups is 1. The lowest BCUT2D eigenvalue weighted by Crippen LogP contribution is -2.85. The van der Waals surface area contributed by atoms with E-state index >= 15 is 0 Å². The number of fused-ring (bicyclic) bond motifs is 1. The van der Waals surface area contributed by atoms with E-state index in [1.54, 1.807) is 17.6 Å². The Bertz CT molecular complexity index is 885. The molecule has 0 unspecified atom stereocenters. The normalized spacial score (nSPS) is 16.5. The van der Waals surface area contributed by atoms with Crippen molar-refractivity contribution < 1.29 is 14.5 Å². The van der Waals surface area contributed by atoms with E-state index in [9.17, 15) is 4.79 Å². The summed E-state index contributed by atoms with van der Waals surface area (Å²) in [5.41, 5.74) is 3.75.